The van der Waals surface area contributed by atoms with E-state index in [1.807, 2.05) is 0 Å². The van der Waals surface area contributed by atoms with Gasteiger partial charge in [0.05, 0.1) is 12.8 Å². The third-order valence-corrected chi connectivity index (χ3v) is 2.51. The van der Waals surface area contributed by atoms with E-state index in [1.54, 1.807) is 0 Å². The number of methoxy groups -OCH3 is 1. The topological polar surface area (TPSA) is 47.3 Å². The molecule has 0 radical (unpaired) electrons. The van der Waals surface area contributed by atoms with Crippen molar-refractivity contribution in [3.05, 3.63) is 47.8 Å². The Morgan fingerprint density at radius 3 is 2.26 bits per heavy atom. The molecule has 0 amide bonds. The van der Waals surface area contributed by atoms with Crippen LogP contribution >= 0.6 is 0 Å². The molecule has 0 heterocycles. The summed E-state index contributed by atoms with van der Waals surface area (Å²) >= 11 is 0. The minimum Gasteiger partial charge on any atom is -0.495 e. The number of hydrogen-bond donors (Lipinski definition) is 2. The number of benzene rings is 2. The maximum Gasteiger partial charge on any atom is 0.152 e. The number of nitrogen functional groups attached to an aromatic ring is 1. The minimum absolute atomic E-state index is 0.368. The van der Waals surface area contributed by atoms with Crippen molar-refractivity contribution in [2.75, 3.05) is 18.2 Å². The molecular weight excluding hydrogens is 257 g/mol. The Morgan fingerprint density at radius 2 is 1.68 bits per heavy atom. The van der Waals surface area contributed by atoms with Crippen LogP contribution in [0.2, 0.25) is 0 Å². The molecule has 0 fully saturated rings. The van der Waals surface area contributed by atoms with Crippen molar-refractivity contribution in [2.24, 2.45) is 0 Å². The first-order valence-corrected chi connectivity index (χ1v) is 5.36. The summed E-state index contributed by atoms with van der Waals surface area (Å²) in [6, 6.07) is 5.73. The van der Waals surface area contributed by atoms with Crippen LogP contribution in [0.3, 0.4) is 0 Å². The second-order valence-corrected chi connectivity index (χ2v) is 3.83. The summed E-state index contributed by atoms with van der Waals surface area (Å²) in [6.45, 7) is 0. The molecular formula is C13H11F3N2O. The van der Waals surface area contributed by atoms with Crippen molar-refractivity contribution in [3.63, 3.8) is 0 Å². The zero-order chi connectivity index (χ0) is 14.0. The Hall–Kier alpha value is -2.37. The van der Waals surface area contributed by atoms with Crippen molar-refractivity contribution in [1.29, 1.82) is 0 Å². The SMILES string of the molecule is COc1cc(Nc2c(F)cc(F)cc2F)ccc1N. The average molecular weight is 268 g/mol. The van der Waals surface area contributed by atoms with Gasteiger partial charge in [0.15, 0.2) is 11.6 Å². The van der Waals surface area contributed by atoms with Gasteiger partial charge >= 0.3 is 0 Å². The van der Waals surface area contributed by atoms with Crippen molar-refractivity contribution in [3.8, 4) is 5.75 Å². The van der Waals surface area contributed by atoms with E-state index in [2.05, 4.69) is 5.32 Å². The molecule has 0 saturated carbocycles. The van der Waals surface area contributed by atoms with E-state index in [0.29, 0.717) is 29.3 Å². The minimum atomic E-state index is -1.02. The third kappa shape index (κ3) is 2.73. The van der Waals surface area contributed by atoms with Gasteiger partial charge < -0.3 is 15.8 Å². The Balaban J connectivity index is 2.36. The standard InChI is InChI=1S/C13H11F3N2O/c1-19-12-6-8(2-3-11(12)17)18-13-9(15)4-7(14)5-10(13)16/h2-6,18H,17H2,1H3. The summed E-state index contributed by atoms with van der Waals surface area (Å²) in [4.78, 5) is 0. The lowest BCUT2D eigenvalue weighted by Crippen LogP contribution is -2.00. The van der Waals surface area contributed by atoms with Crippen LogP contribution < -0.4 is 15.8 Å². The molecule has 0 aromatic heterocycles. The molecule has 2 aromatic carbocycles. The van der Waals surface area contributed by atoms with Gasteiger partial charge in [-0.05, 0) is 12.1 Å². The van der Waals surface area contributed by atoms with E-state index in [1.165, 1.54) is 25.3 Å². The average Bonchev–Trinajstić information content (AvgIpc) is 2.35. The fraction of sp³-hybridized carbons (Fsp3) is 0.0769. The van der Waals surface area contributed by atoms with Crippen LogP contribution in [0.15, 0.2) is 30.3 Å². The number of nitrogens with two attached hydrogens (primary N) is 1. The van der Waals surface area contributed by atoms with Gasteiger partial charge in [-0.1, -0.05) is 0 Å². The van der Waals surface area contributed by atoms with Crippen LogP contribution in [0, 0.1) is 17.5 Å². The molecule has 0 spiro atoms. The smallest absolute Gasteiger partial charge is 0.152 e. The zero-order valence-electron chi connectivity index (χ0n) is 10.0. The number of rotatable bonds is 3. The van der Waals surface area contributed by atoms with Gasteiger partial charge in [0.1, 0.15) is 17.3 Å². The molecule has 2 rings (SSSR count). The fourth-order valence-electron chi connectivity index (χ4n) is 1.59. The normalized spacial score (nSPS) is 10.3. The van der Waals surface area contributed by atoms with Crippen LogP contribution in [0.1, 0.15) is 0 Å². The van der Waals surface area contributed by atoms with E-state index in [0.717, 1.165) is 0 Å². The van der Waals surface area contributed by atoms with Crippen LogP contribution in [0.5, 0.6) is 5.75 Å². The van der Waals surface area contributed by atoms with Gasteiger partial charge in [-0.2, -0.15) is 0 Å². The summed E-state index contributed by atoms with van der Waals surface area (Å²) in [5.74, 6) is -2.65. The molecule has 0 aliphatic carbocycles. The first-order chi connectivity index (χ1) is 9.01. The quantitative estimate of drug-likeness (QED) is 0.838. The highest BCUT2D eigenvalue weighted by Crippen LogP contribution is 2.29. The number of halogens is 3. The van der Waals surface area contributed by atoms with Crippen LogP contribution in [0.25, 0.3) is 0 Å². The molecule has 6 heteroatoms. The third-order valence-electron chi connectivity index (χ3n) is 2.51. The number of ether oxygens (including phenoxy) is 1. The molecule has 0 saturated heterocycles. The fourth-order valence-corrected chi connectivity index (χ4v) is 1.59. The van der Waals surface area contributed by atoms with Gasteiger partial charge in [0.25, 0.3) is 0 Å². The van der Waals surface area contributed by atoms with Crippen molar-refractivity contribution in [1.82, 2.24) is 0 Å². The zero-order valence-corrected chi connectivity index (χ0v) is 10.0. The Labute approximate surface area is 107 Å². The second-order valence-electron chi connectivity index (χ2n) is 3.83. The highest BCUT2D eigenvalue weighted by atomic mass is 19.1. The number of hydrogen-bond acceptors (Lipinski definition) is 3. The van der Waals surface area contributed by atoms with Crippen LogP contribution in [-0.4, -0.2) is 7.11 Å². The van der Waals surface area contributed by atoms with Gasteiger partial charge in [-0.25, -0.2) is 13.2 Å². The van der Waals surface area contributed by atoms with Gasteiger partial charge in [-0.15, -0.1) is 0 Å². The van der Waals surface area contributed by atoms with E-state index in [9.17, 15) is 13.2 Å². The summed E-state index contributed by atoms with van der Waals surface area (Å²) in [5.41, 5.74) is 5.95. The Morgan fingerprint density at radius 1 is 1.05 bits per heavy atom. The second kappa shape index (κ2) is 5.09. The van der Waals surface area contributed by atoms with E-state index in [-0.39, 0.29) is 0 Å². The first kappa shape index (κ1) is 13.1. The van der Waals surface area contributed by atoms with Crippen LogP contribution in [0.4, 0.5) is 30.2 Å². The molecule has 19 heavy (non-hydrogen) atoms. The summed E-state index contributed by atoms with van der Waals surface area (Å²) in [7, 11) is 1.43. The lowest BCUT2D eigenvalue weighted by Gasteiger charge is -2.11. The van der Waals surface area contributed by atoms with E-state index in [4.69, 9.17) is 10.5 Å². The molecule has 0 bridgehead atoms. The van der Waals surface area contributed by atoms with Crippen molar-refractivity contribution < 1.29 is 17.9 Å². The van der Waals surface area contributed by atoms with E-state index < -0.39 is 23.1 Å². The van der Waals surface area contributed by atoms with Crippen molar-refractivity contribution >= 4 is 17.1 Å². The van der Waals surface area contributed by atoms with Gasteiger partial charge in [-0.3, -0.25) is 0 Å². The molecule has 3 N–H and O–H groups in total. The molecule has 0 aliphatic heterocycles. The van der Waals surface area contributed by atoms with Crippen molar-refractivity contribution in [2.45, 2.75) is 0 Å². The number of nitrogens with one attached hydrogen (secondary N) is 1. The molecule has 0 aliphatic rings. The highest BCUT2D eigenvalue weighted by Gasteiger charge is 2.12. The predicted molar refractivity (Wildman–Crippen MR) is 67.0 cm³/mol. The Kier molecular flexibility index (Phi) is 3.50. The summed E-state index contributed by atoms with van der Waals surface area (Å²) < 4.78 is 44.7. The maximum absolute atomic E-state index is 13.5. The lowest BCUT2D eigenvalue weighted by atomic mass is 10.2. The lowest BCUT2D eigenvalue weighted by molar-refractivity contribution is 0.417. The van der Waals surface area contributed by atoms with E-state index >= 15 is 0 Å². The largest absolute Gasteiger partial charge is 0.495 e. The predicted octanol–water partition coefficient (Wildman–Crippen LogP) is 3.44. The molecule has 3 nitrogen and oxygen atoms in total. The molecule has 0 unspecified atom stereocenters. The summed E-state index contributed by atoms with van der Waals surface area (Å²) in [6.07, 6.45) is 0. The van der Waals surface area contributed by atoms with Gasteiger partial charge in [0, 0.05) is 23.9 Å². The molecule has 2 aromatic rings. The first-order valence-electron chi connectivity index (χ1n) is 5.36. The monoisotopic (exact) mass is 268 g/mol. The number of anilines is 3. The van der Waals surface area contributed by atoms with Crippen LogP contribution in [-0.2, 0) is 0 Å². The summed E-state index contributed by atoms with van der Waals surface area (Å²) in [5, 5.41) is 2.52. The maximum atomic E-state index is 13.5. The molecule has 0 atom stereocenters. The Bertz CT molecular complexity index is 594. The highest BCUT2D eigenvalue weighted by molar-refractivity contribution is 5.67. The molecule has 100 valence electrons. The van der Waals surface area contributed by atoms with Gasteiger partial charge in [0.2, 0.25) is 0 Å².